The third kappa shape index (κ3) is 3.04. The molecule has 0 aliphatic heterocycles. The molecule has 0 radical (unpaired) electrons. The predicted molar refractivity (Wildman–Crippen MR) is 98.9 cm³/mol. The summed E-state index contributed by atoms with van der Waals surface area (Å²) in [6.07, 6.45) is 0. The highest BCUT2D eigenvalue weighted by Crippen LogP contribution is 2.26. The molecule has 0 spiro atoms. The summed E-state index contributed by atoms with van der Waals surface area (Å²) in [5, 5.41) is 23.4. The molecule has 6 heteroatoms. The number of aliphatic carboxylic acids is 1. The number of phenols is 1. The van der Waals surface area contributed by atoms with Gasteiger partial charge in [-0.3, -0.25) is 4.79 Å². The molecule has 26 heavy (non-hydrogen) atoms. The van der Waals surface area contributed by atoms with Crippen LogP contribution in [-0.4, -0.2) is 22.1 Å². The lowest BCUT2D eigenvalue weighted by molar-refractivity contribution is -0.144. The topological polar surface area (TPSA) is 113 Å². The Morgan fingerprint density at radius 1 is 1.00 bits per heavy atom. The molecule has 5 N–H and O–H groups in total. The van der Waals surface area contributed by atoms with Crippen LogP contribution < -0.4 is 11.1 Å². The van der Waals surface area contributed by atoms with Crippen molar-refractivity contribution >= 4 is 28.3 Å². The lowest BCUT2D eigenvalue weighted by atomic mass is 9.91. The van der Waals surface area contributed by atoms with Crippen LogP contribution >= 0.6 is 0 Å². The second-order valence-corrected chi connectivity index (χ2v) is 6.22. The summed E-state index contributed by atoms with van der Waals surface area (Å²) in [6, 6.07) is 16.4. The quantitative estimate of drug-likeness (QED) is 0.541. The Morgan fingerprint density at radius 3 is 2.15 bits per heavy atom. The number of carboxylic acids is 1. The first-order valence-corrected chi connectivity index (χ1v) is 7.95. The third-order valence-corrected chi connectivity index (χ3v) is 4.40. The molecule has 1 amide bonds. The standard InChI is InChI=1S/C20H18N2O4/c1-20(19(25)26,14-6-8-15(23)9-7-14)22-18(24)16-10-12-4-2-3-5-13(12)11-17(16)21/h2-11,23H,21H2,1H3,(H,22,24)(H,25,26)/t20-/m0/s1. The van der Waals surface area contributed by atoms with E-state index in [-0.39, 0.29) is 17.0 Å². The van der Waals surface area contributed by atoms with E-state index in [9.17, 15) is 19.8 Å². The molecular formula is C20H18N2O4. The maximum atomic E-state index is 12.8. The smallest absolute Gasteiger partial charge is 0.333 e. The summed E-state index contributed by atoms with van der Waals surface area (Å²) >= 11 is 0. The predicted octanol–water partition coefficient (Wildman–Crippen LogP) is 2.86. The van der Waals surface area contributed by atoms with Gasteiger partial charge in [-0.2, -0.15) is 0 Å². The highest BCUT2D eigenvalue weighted by Gasteiger charge is 2.37. The molecule has 132 valence electrons. The fraction of sp³-hybridized carbons (Fsp3) is 0.100. The monoisotopic (exact) mass is 350 g/mol. The van der Waals surface area contributed by atoms with Crippen LogP contribution in [0.3, 0.4) is 0 Å². The van der Waals surface area contributed by atoms with Gasteiger partial charge in [-0.25, -0.2) is 4.79 Å². The number of aromatic hydroxyl groups is 1. The number of carboxylic acid groups (broad SMARTS) is 1. The molecule has 0 heterocycles. The molecule has 0 aliphatic carbocycles. The number of nitrogens with one attached hydrogen (secondary N) is 1. The Labute approximate surface area is 149 Å². The molecule has 3 aromatic rings. The Morgan fingerprint density at radius 2 is 1.58 bits per heavy atom. The van der Waals surface area contributed by atoms with E-state index in [2.05, 4.69) is 5.32 Å². The summed E-state index contributed by atoms with van der Waals surface area (Å²) in [6.45, 7) is 1.39. The van der Waals surface area contributed by atoms with E-state index >= 15 is 0 Å². The Kier molecular flexibility index (Phi) is 4.26. The SMILES string of the molecule is C[C@@](NC(=O)c1cc2ccccc2cc1N)(C(=O)O)c1ccc(O)cc1. The number of nitrogens with two attached hydrogens (primary N) is 1. The maximum absolute atomic E-state index is 12.8. The fourth-order valence-corrected chi connectivity index (χ4v) is 2.79. The summed E-state index contributed by atoms with van der Waals surface area (Å²) in [7, 11) is 0. The zero-order valence-corrected chi connectivity index (χ0v) is 14.1. The number of amides is 1. The minimum atomic E-state index is -1.68. The molecule has 0 saturated carbocycles. The summed E-state index contributed by atoms with van der Waals surface area (Å²) in [5.74, 6) is -1.81. The zero-order chi connectivity index (χ0) is 18.9. The summed E-state index contributed by atoms with van der Waals surface area (Å²) < 4.78 is 0. The molecule has 6 nitrogen and oxygen atoms in total. The number of carbonyl (C=O) groups is 2. The van der Waals surface area contributed by atoms with Crippen molar-refractivity contribution in [3.05, 3.63) is 71.8 Å². The van der Waals surface area contributed by atoms with E-state index in [1.54, 1.807) is 12.1 Å². The van der Waals surface area contributed by atoms with Crippen molar-refractivity contribution in [2.24, 2.45) is 0 Å². The van der Waals surface area contributed by atoms with Crippen molar-refractivity contribution in [1.82, 2.24) is 5.32 Å². The van der Waals surface area contributed by atoms with Gasteiger partial charge < -0.3 is 21.3 Å². The largest absolute Gasteiger partial charge is 0.508 e. The molecule has 0 aliphatic rings. The first-order valence-electron chi connectivity index (χ1n) is 7.95. The van der Waals surface area contributed by atoms with Gasteiger partial charge in [-0.05, 0) is 47.5 Å². The van der Waals surface area contributed by atoms with Gasteiger partial charge in [0.15, 0.2) is 5.54 Å². The molecular weight excluding hydrogens is 332 g/mol. The number of carbonyl (C=O) groups excluding carboxylic acids is 1. The van der Waals surface area contributed by atoms with Gasteiger partial charge in [-0.15, -0.1) is 0 Å². The van der Waals surface area contributed by atoms with Gasteiger partial charge >= 0.3 is 5.97 Å². The summed E-state index contributed by atoms with van der Waals surface area (Å²) in [5.41, 5.74) is 5.12. The number of benzene rings is 3. The van der Waals surface area contributed by atoms with Crippen molar-refractivity contribution in [3.63, 3.8) is 0 Å². The molecule has 0 bridgehead atoms. The molecule has 0 saturated heterocycles. The average Bonchev–Trinajstić information content (AvgIpc) is 2.61. The van der Waals surface area contributed by atoms with Crippen molar-refractivity contribution < 1.29 is 19.8 Å². The maximum Gasteiger partial charge on any atom is 0.333 e. The second kappa shape index (κ2) is 6.40. The molecule has 1 atom stereocenters. The van der Waals surface area contributed by atoms with Gasteiger partial charge in [0.1, 0.15) is 5.75 Å². The van der Waals surface area contributed by atoms with E-state index in [1.165, 1.54) is 31.2 Å². The molecule has 0 fully saturated rings. The van der Waals surface area contributed by atoms with Gasteiger partial charge in [0.25, 0.3) is 5.91 Å². The van der Waals surface area contributed by atoms with E-state index in [0.717, 1.165) is 10.8 Å². The van der Waals surface area contributed by atoms with Crippen molar-refractivity contribution in [2.75, 3.05) is 5.73 Å². The van der Waals surface area contributed by atoms with E-state index in [1.807, 2.05) is 24.3 Å². The van der Waals surface area contributed by atoms with Crippen LogP contribution in [0, 0.1) is 0 Å². The van der Waals surface area contributed by atoms with E-state index in [0.29, 0.717) is 5.56 Å². The number of hydrogen-bond donors (Lipinski definition) is 4. The number of rotatable bonds is 4. The van der Waals surface area contributed by atoms with Crippen LogP contribution in [-0.2, 0) is 10.3 Å². The molecule has 3 aromatic carbocycles. The first-order chi connectivity index (χ1) is 12.3. The third-order valence-electron chi connectivity index (χ3n) is 4.40. The molecule has 0 aromatic heterocycles. The van der Waals surface area contributed by atoms with Gasteiger partial charge in [0, 0.05) is 5.69 Å². The zero-order valence-electron chi connectivity index (χ0n) is 14.1. The lowest BCUT2D eigenvalue weighted by Crippen LogP contribution is -2.49. The van der Waals surface area contributed by atoms with Crippen molar-refractivity contribution in [1.29, 1.82) is 0 Å². The number of phenolic OH excluding ortho intramolecular Hbond substituents is 1. The minimum absolute atomic E-state index is 0.00610. The Balaban J connectivity index is 2.00. The number of nitrogen functional groups attached to an aromatic ring is 1. The average molecular weight is 350 g/mol. The second-order valence-electron chi connectivity index (χ2n) is 6.22. The van der Waals surface area contributed by atoms with Crippen LogP contribution in [0.5, 0.6) is 5.75 Å². The van der Waals surface area contributed by atoms with Crippen molar-refractivity contribution in [2.45, 2.75) is 12.5 Å². The van der Waals surface area contributed by atoms with Gasteiger partial charge in [-0.1, -0.05) is 36.4 Å². The molecule has 0 unspecified atom stereocenters. The van der Waals surface area contributed by atoms with Crippen LogP contribution in [0.25, 0.3) is 10.8 Å². The van der Waals surface area contributed by atoms with Gasteiger partial charge in [0.05, 0.1) is 5.56 Å². The Bertz CT molecular complexity index is 998. The van der Waals surface area contributed by atoms with E-state index < -0.39 is 17.4 Å². The minimum Gasteiger partial charge on any atom is -0.508 e. The van der Waals surface area contributed by atoms with Crippen LogP contribution in [0.15, 0.2) is 60.7 Å². The summed E-state index contributed by atoms with van der Waals surface area (Å²) in [4.78, 5) is 24.6. The van der Waals surface area contributed by atoms with Gasteiger partial charge in [0.2, 0.25) is 0 Å². The fourth-order valence-electron chi connectivity index (χ4n) is 2.79. The van der Waals surface area contributed by atoms with Crippen LogP contribution in [0.1, 0.15) is 22.8 Å². The van der Waals surface area contributed by atoms with E-state index in [4.69, 9.17) is 5.73 Å². The van der Waals surface area contributed by atoms with Crippen LogP contribution in [0.2, 0.25) is 0 Å². The highest BCUT2D eigenvalue weighted by molar-refractivity contribution is 6.05. The number of anilines is 1. The number of hydrogen-bond acceptors (Lipinski definition) is 4. The molecule has 3 rings (SSSR count). The van der Waals surface area contributed by atoms with Crippen LogP contribution in [0.4, 0.5) is 5.69 Å². The Hall–Kier alpha value is -3.54. The van der Waals surface area contributed by atoms with Crippen molar-refractivity contribution in [3.8, 4) is 5.75 Å². The number of fused-ring (bicyclic) bond motifs is 1. The lowest BCUT2D eigenvalue weighted by Gasteiger charge is -2.27. The normalized spacial score (nSPS) is 13.1. The first kappa shape index (κ1) is 17.3. The highest BCUT2D eigenvalue weighted by atomic mass is 16.4.